The minimum Gasteiger partial charge on any atom is -0.381 e. The highest BCUT2D eigenvalue weighted by Gasteiger charge is 2.19. The molecule has 2 nitrogen and oxygen atoms in total. The van der Waals surface area contributed by atoms with E-state index in [0.29, 0.717) is 6.04 Å². The Morgan fingerprint density at radius 2 is 2.00 bits per heavy atom. The smallest absolute Gasteiger partial charge is 0.0468 e. The second-order valence-electron chi connectivity index (χ2n) is 6.07. The first-order chi connectivity index (χ1) is 9.79. The molecule has 1 atom stereocenters. The number of ether oxygens (including phenoxy) is 1. The summed E-state index contributed by atoms with van der Waals surface area (Å²) in [5.74, 6) is 0.835. The Balaban J connectivity index is 1.93. The van der Waals surface area contributed by atoms with E-state index in [-0.39, 0.29) is 0 Å². The van der Waals surface area contributed by atoms with Crippen molar-refractivity contribution in [2.75, 3.05) is 19.8 Å². The van der Waals surface area contributed by atoms with E-state index in [0.717, 1.165) is 32.1 Å². The van der Waals surface area contributed by atoms with Crippen LogP contribution in [0.5, 0.6) is 0 Å². The first kappa shape index (κ1) is 15.5. The number of hydrogen-bond donors (Lipinski definition) is 1. The maximum atomic E-state index is 5.48. The fourth-order valence-electron chi connectivity index (χ4n) is 3.08. The lowest BCUT2D eigenvalue weighted by molar-refractivity contribution is 0.0605. The number of aryl methyl sites for hydroxylation is 1. The summed E-state index contributed by atoms with van der Waals surface area (Å²) in [5, 5.41) is 3.75. The van der Waals surface area contributed by atoms with Gasteiger partial charge in [-0.3, -0.25) is 0 Å². The van der Waals surface area contributed by atoms with E-state index < -0.39 is 0 Å². The van der Waals surface area contributed by atoms with Crippen LogP contribution in [0.15, 0.2) is 24.3 Å². The van der Waals surface area contributed by atoms with Gasteiger partial charge in [0.2, 0.25) is 0 Å². The molecule has 2 heteroatoms. The number of nitrogens with one attached hydrogen (secondary N) is 1. The summed E-state index contributed by atoms with van der Waals surface area (Å²) in [5.41, 5.74) is 2.91. The maximum Gasteiger partial charge on any atom is 0.0468 e. The average Bonchev–Trinajstić information content (AvgIpc) is 2.48. The summed E-state index contributed by atoms with van der Waals surface area (Å²) < 4.78 is 5.48. The van der Waals surface area contributed by atoms with Crippen molar-refractivity contribution in [2.45, 2.75) is 52.0 Å². The van der Waals surface area contributed by atoms with Crippen molar-refractivity contribution in [3.05, 3.63) is 35.4 Å². The molecule has 1 aliphatic rings. The van der Waals surface area contributed by atoms with Gasteiger partial charge in [0, 0.05) is 19.3 Å². The van der Waals surface area contributed by atoms with Crippen LogP contribution in [0.1, 0.15) is 43.7 Å². The molecule has 20 heavy (non-hydrogen) atoms. The second kappa shape index (κ2) is 8.43. The molecule has 2 rings (SSSR count). The highest BCUT2D eigenvalue weighted by molar-refractivity contribution is 5.26. The zero-order valence-corrected chi connectivity index (χ0v) is 13.0. The van der Waals surface area contributed by atoms with Gasteiger partial charge in [0.25, 0.3) is 0 Å². The van der Waals surface area contributed by atoms with Gasteiger partial charge < -0.3 is 10.1 Å². The van der Waals surface area contributed by atoms with Crippen molar-refractivity contribution in [3.8, 4) is 0 Å². The Morgan fingerprint density at radius 1 is 1.25 bits per heavy atom. The molecule has 0 spiro atoms. The zero-order valence-electron chi connectivity index (χ0n) is 13.0. The van der Waals surface area contributed by atoms with E-state index in [1.165, 1.54) is 36.8 Å². The van der Waals surface area contributed by atoms with E-state index in [1.807, 2.05) is 0 Å². The van der Waals surface area contributed by atoms with Crippen LogP contribution in [0.3, 0.4) is 0 Å². The van der Waals surface area contributed by atoms with Gasteiger partial charge in [-0.1, -0.05) is 31.2 Å². The lowest BCUT2D eigenvalue weighted by Crippen LogP contribution is -2.35. The molecule has 112 valence electrons. The summed E-state index contributed by atoms with van der Waals surface area (Å²) in [6.45, 7) is 7.50. The van der Waals surface area contributed by atoms with E-state index in [4.69, 9.17) is 4.74 Å². The molecule has 0 aliphatic carbocycles. The van der Waals surface area contributed by atoms with Crippen LogP contribution in [0.2, 0.25) is 0 Å². The van der Waals surface area contributed by atoms with Crippen LogP contribution >= 0.6 is 0 Å². The Hall–Kier alpha value is -0.860. The first-order valence-corrected chi connectivity index (χ1v) is 8.15. The van der Waals surface area contributed by atoms with Crippen molar-refractivity contribution in [1.82, 2.24) is 5.32 Å². The molecule has 1 aliphatic heterocycles. The highest BCUT2D eigenvalue weighted by atomic mass is 16.5. The van der Waals surface area contributed by atoms with Crippen molar-refractivity contribution >= 4 is 0 Å². The standard InChI is InChI=1S/C18H29NO/c1-3-10-19-18(13-16-8-11-20-12-9-16)14-17-7-5-4-6-15(17)2/h4-7,16,18-19H,3,8-14H2,1-2H3. The van der Waals surface area contributed by atoms with Gasteiger partial charge in [-0.15, -0.1) is 0 Å². The van der Waals surface area contributed by atoms with E-state index in [9.17, 15) is 0 Å². The molecule has 1 unspecified atom stereocenters. The lowest BCUT2D eigenvalue weighted by Gasteiger charge is -2.28. The Bertz CT molecular complexity index is 385. The zero-order chi connectivity index (χ0) is 14.2. The average molecular weight is 275 g/mol. The topological polar surface area (TPSA) is 21.3 Å². The van der Waals surface area contributed by atoms with Crippen molar-refractivity contribution < 1.29 is 4.74 Å². The van der Waals surface area contributed by atoms with Crippen LogP contribution in [-0.4, -0.2) is 25.8 Å². The third-order valence-corrected chi connectivity index (χ3v) is 4.37. The summed E-state index contributed by atoms with van der Waals surface area (Å²) in [4.78, 5) is 0. The lowest BCUT2D eigenvalue weighted by atomic mass is 9.89. The molecular formula is C18H29NO. The molecule has 1 N–H and O–H groups in total. The fraction of sp³-hybridized carbons (Fsp3) is 0.667. The van der Waals surface area contributed by atoms with Crippen LogP contribution in [0.25, 0.3) is 0 Å². The SMILES string of the molecule is CCCNC(Cc1ccccc1C)CC1CCOCC1. The van der Waals surface area contributed by atoms with E-state index in [2.05, 4.69) is 43.4 Å². The summed E-state index contributed by atoms with van der Waals surface area (Å²) in [6, 6.07) is 9.40. The molecule has 1 heterocycles. The van der Waals surface area contributed by atoms with Gasteiger partial charge in [-0.25, -0.2) is 0 Å². The normalized spacial score (nSPS) is 18.1. The summed E-state index contributed by atoms with van der Waals surface area (Å²) in [7, 11) is 0. The van der Waals surface area contributed by atoms with Gasteiger partial charge in [-0.05, 0) is 62.6 Å². The molecule has 1 aromatic rings. The molecule has 0 radical (unpaired) electrons. The molecule has 0 bridgehead atoms. The van der Waals surface area contributed by atoms with Crippen molar-refractivity contribution in [3.63, 3.8) is 0 Å². The molecule has 1 fully saturated rings. The van der Waals surface area contributed by atoms with Crippen molar-refractivity contribution in [2.24, 2.45) is 5.92 Å². The van der Waals surface area contributed by atoms with E-state index in [1.54, 1.807) is 0 Å². The maximum absolute atomic E-state index is 5.48. The minimum atomic E-state index is 0.610. The first-order valence-electron chi connectivity index (χ1n) is 8.15. The number of benzene rings is 1. The van der Waals surface area contributed by atoms with Crippen LogP contribution in [0.4, 0.5) is 0 Å². The Morgan fingerprint density at radius 3 is 2.70 bits per heavy atom. The van der Waals surface area contributed by atoms with Crippen LogP contribution in [0, 0.1) is 12.8 Å². The fourth-order valence-corrected chi connectivity index (χ4v) is 3.08. The number of hydrogen-bond acceptors (Lipinski definition) is 2. The van der Waals surface area contributed by atoms with Gasteiger partial charge in [0.15, 0.2) is 0 Å². The summed E-state index contributed by atoms with van der Waals surface area (Å²) >= 11 is 0. The molecule has 0 saturated carbocycles. The quantitative estimate of drug-likeness (QED) is 0.819. The van der Waals surface area contributed by atoms with E-state index >= 15 is 0 Å². The minimum absolute atomic E-state index is 0.610. The summed E-state index contributed by atoms with van der Waals surface area (Å²) in [6.07, 6.45) is 6.12. The molecule has 1 aromatic carbocycles. The van der Waals surface area contributed by atoms with Gasteiger partial charge in [0.05, 0.1) is 0 Å². The largest absolute Gasteiger partial charge is 0.381 e. The molecule has 0 amide bonds. The van der Waals surface area contributed by atoms with Crippen molar-refractivity contribution in [1.29, 1.82) is 0 Å². The highest BCUT2D eigenvalue weighted by Crippen LogP contribution is 2.22. The monoisotopic (exact) mass is 275 g/mol. The Labute approximate surface area is 123 Å². The third kappa shape index (κ3) is 4.92. The second-order valence-corrected chi connectivity index (χ2v) is 6.07. The molecular weight excluding hydrogens is 246 g/mol. The van der Waals surface area contributed by atoms with Crippen LogP contribution < -0.4 is 5.32 Å². The van der Waals surface area contributed by atoms with Gasteiger partial charge in [0.1, 0.15) is 0 Å². The number of rotatable bonds is 7. The van der Waals surface area contributed by atoms with Crippen LogP contribution in [-0.2, 0) is 11.2 Å². The Kier molecular flexibility index (Phi) is 6.55. The van der Waals surface area contributed by atoms with Gasteiger partial charge >= 0.3 is 0 Å². The molecule has 1 saturated heterocycles. The predicted octanol–water partition coefficient (Wildman–Crippen LogP) is 3.72. The van der Waals surface area contributed by atoms with Gasteiger partial charge in [-0.2, -0.15) is 0 Å². The predicted molar refractivity (Wildman–Crippen MR) is 85.1 cm³/mol. The third-order valence-electron chi connectivity index (χ3n) is 4.37. The molecule has 0 aromatic heterocycles.